The number of carbonyl (C=O) groups excluding carboxylic acids is 1. The Kier molecular flexibility index (Phi) is 4.72. The number of carbonyl (C=O) groups is 1. The molecule has 0 aromatic rings. The summed E-state index contributed by atoms with van der Waals surface area (Å²) in [6.45, 7) is 8.17. The number of hydrogen-bond acceptors (Lipinski definition) is 1. The van der Waals surface area contributed by atoms with Crippen molar-refractivity contribution >= 4 is 5.78 Å². The van der Waals surface area contributed by atoms with Crippen molar-refractivity contribution in [2.45, 2.75) is 47.0 Å². The zero-order valence-corrected chi connectivity index (χ0v) is 10.8. The second kappa shape index (κ2) is 5.83. The molecule has 0 aromatic heterocycles. The van der Waals surface area contributed by atoms with Crippen LogP contribution in [0, 0.1) is 5.92 Å². The molecule has 0 heterocycles. The minimum absolute atomic E-state index is 0.128. The molecule has 1 aliphatic rings. The summed E-state index contributed by atoms with van der Waals surface area (Å²) in [6.07, 6.45) is 9.26. The van der Waals surface area contributed by atoms with Crippen LogP contribution in [0.25, 0.3) is 0 Å². The highest BCUT2D eigenvalue weighted by Crippen LogP contribution is 2.28. The van der Waals surface area contributed by atoms with E-state index in [-0.39, 0.29) is 5.78 Å². The van der Waals surface area contributed by atoms with Gasteiger partial charge in [0.15, 0.2) is 5.78 Å². The number of allylic oxidation sites excluding steroid dienone is 6. The van der Waals surface area contributed by atoms with Crippen LogP contribution in [0.3, 0.4) is 0 Å². The van der Waals surface area contributed by atoms with Crippen molar-refractivity contribution in [3.8, 4) is 0 Å². The van der Waals surface area contributed by atoms with Crippen LogP contribution in [-0.4, -0.2) is 5.78 Å². The summed E-state index contributed by atoms with van der Waals surface area (Å²) >= 11 is 0. The fourth-order valence-corrected chi connectivity index (χ4v) is 2.05. The van der Waals surface area contributed by atoms with Gasteiger partial charge in [0.2, 0.25) is 0 Å². The summed E-state index contributed by atoms with van der Waals surface area (Å²) in [5, 5.41) is 0. The van der Waals surface area contributed by atoms with Gasteiger partial charge in [-0.3, -0.25) is 4.79 Å². The van der Waals surface area contributed by atoms with Crippen LogP contribution >= 0.6 is 0 Å². The van der Waals surface area contributed by atoms with Gasteiger partial charge in [-0.05, 0) is 65.0 Å². The topological polar surface area (TPSA) is 17.1 Å². The lowest BCUT2D eigenvalue weighted by Gasteiger charge is -2.20. The summed E-state index contributed by atoms with van der Waals surface area (Å²) in [5.74, 6) is 0.696. The summed E-state index contributed by atoms with van der Waals surface area (Å²) in [6, 6.07) is 0. The number of ketones is 1. The molecule has 0 spiro atoms. The summed E-state index contributed by atoms with van der Waals surface area (Å²) < 4.78 is 0. The molecule has 1 aliphatic carbocycles. The van der Waals surface area contributed by atoms with Crippen molar-refractivity contribution in [1.29, 1.82) is 0 Å². The highest BCUT2D eigenvalue weighted by molar-refractivity contribution is 6.00. The molecule has 0 aromatic carbocycles. The average Bonchev–Trinajstić information content (AvgIpc) is 2.16. The second-order valence-electron chi connectivity index (χ2n) is 5.03. The molecular formula is C15H22O. The van der Waals surface area contributed by atoms with Crippen LogP contribution in [0.4, 0.5) is 0 Å². The predicted octanol–water partition coefficient (Wildman–Crippen LogP) is 4.21. The van der Waals surface area contributed by atoms with Crippen LogP contribution in [0.1, 0.15) is 47.0 Å². The third-order valence-electron chi connectivity index (χ3n) is 3.08. The maximum atomic E-state index is 11.6. The van der Waals surface area contributed by atoms with E-state index in [0.29, 0.717) is 5.92 Å². The maximum absolute atomic E-state index is 11.6. The molecule has 0 N–H and O–H groups in total. The third-order valence-corrected chi connectivity index (χ3v) is 3.08. The molecule has 1 atom stereocenters. The minimum Gasteiger partial charge on any atom is -0.290 e. The van der Waals surface area contributed by atoms with Crippen molar-refractivity contribution in [3.63, 3.8) is 0 Å². The van der Waals surface area contributed by atoms with Crippen molar-refractivity contribution in [2.24, 2.45) is 5.92 Å². The zero-order valence-electron chi connectivity index (χ0n) is 10.8. The lowest BCUT2D eigenvalue weighted by atomic mass is 9.85. The summed E-state index contributed by atoms with van der Waals surface area (Å²) in [5.41, 5.74) is 3.78. The molecule has 1 nitrogen and oxygen atoms in total. The smallest absolute Gasteiger partial charge is 0.178 e. The van der Waals surface area contributed by atoms with Crippen LogP contribution in [0.15, 0.2) is 34.9 Å². The monoisotopic (exact) mass is 218 g/mol. The van der Waals surface area contributed by atoms with E-state index in [0.717, 1.165) is 12.0 Å². The first-order valence-corrected chi connectivity index (χ1v) is 6.01. The van der Waals surface area contributed by atoms with Gasteiger partial charge in [-0.2, -0.15) is 0 Å². The van der Waals surface area contributed by atoms with Gasteiger partial charge in [-0.1, -0.05) is 22.8 Å². The molecule has 0 fully saturated rings. The Balaban J connectivity index is 2.64. The van der Waals surface area contributed by atoms with E-state index in [1.165, 1.54) is 24.0 Å². The van der Waals surface area contributed by atoms with Crippen molar-refractivity contribution in [1.82, 2.24) is 0 Å². The largest absolute Gasteiger partial charge is 0.290 e. The van der Waals surface area contributed by atoms with E-state index in [4.69, 9.17) is 0 Å². The lowest BCUT2D eigenvalue weighted by molar-refractivity contribution is -0.110. The molecule has 0 amide bonds. The van der Waals surface area contributed by atoms with Gasteiger partial charge in [0.25, 0.3) is 0 Å². The normalized spacial score (nSPS) is 21.4. The molecular weight excluding hydrogens is 196 g/mol. The van der Waals surface area contributed by atoms with Gasteiger partial charge in [0.1, 0.15) is 0 Å². The molecule has 0 saturated heterocycles. The van der Waals surface area contributed by atoms with Gasteiger partial charge in [0, 0.05) is 0 Å². The Labute approximate surface area is 98.9 Å². The first-order valence-electron chi connectivity index (χ1n) is 6.01. The zero-order chi connectivity index (χ0) is 12.1. The molecule has 0 aliphatic heterocycles. The van der Waals surface area contributed by atoms with Crippen molar-refractivity contribution in [3.05, 3.63) is 34.9 Å². The number of hydrogen-bond donors (Lipinski definition) is 0. The first-order chi connectivity index (χ1) is 7.49. The second-order valence-corrected chi connectivity index (χ2v) is 5.03. The Morgan fingerprint density at radius 1 is 1.31 bits per heavy atom. The average molecular weight is 218 g/mol. The minimum atomic E-state index is 0.128. The number of rotatable bonds is 3. The highest BCUT2D eigenvalue weighted by atomic mass is 16.1. The molecule has 0 unspecified atom stereocenters. The van der Waals surface area contributed by atoms with E-state index < -0.39 is 0 Å². The molecule has 0 bridgehead atoms. The van der Waals surface area contributed by atoms with Crippen LogP contribution < -0.4 is 0 Å². The van der Waals surface area contributed by atoms with Gasteiger partial charge in [-0.15, -0.1) is 0 Å². The molecule has 16 heavy (non-hydrogen) atoms. The Bertz CT molecular complexity index is 352. The summed E-state index contributed by atoms with van der Waals surface area (Å²) in [7, 11) is 0. The Morgan fingerprint density at radius 2 is 2.00 bits per heavy atom. The molecule has 88 valence electrons. The molecule has 1 heteroatoms. The summed E-state index contributed by atoms with van der Waals surface area (Å²) in [4.78, 5) is 11.6. The van der Waals surface area contributed by atoms with Gasteiger partial charge < -0.3 is 0 Å². The molecule has 1 rings (SSSR count). The van der Waals surface area contributed by atoms with Gasteiger partial charge in [0.05, 0.1) is 0 Å². The fourth-order valence-electron chi connectivity index (χ4n) is 2.05. The van der Waals surface area contributed by atoms with Gasteiger partial charge >= 0.3 is 0 Å². The maximum Gasteiger partial charge on any atom is 0.178 e. The van der Waals surface area contributed by atoms with E-state index >= 15 is 0 Å². The van der Waals surface area contributed by atoms with Crippen molar-refractivity contribution in [2.75, 3.05) is 0 Å². The molecule has 0 saturated carbocycles. The van der Waals surface area contributed by atoms with Gasteiger partial charge in [-0.25, -0.2) is 0 Å². The highest BCUT2D eigenvalue weighted by Gasteiger charge is 2.14. The quantitative estimate of drug-likeness (QED) is 0.512. The van der Waals surface area contributed by atoms with Crippen molar-refractivity contribution < 1.29 is 4.79 Å². The van der Waals surface area contributed by atoms with Crippen LogP contribution in [0.2, 0.25) is 0 Å². The van der Waals surface area contributed by atoms with E-state index in [1.54, 1.807) is 12.2 Å². The standard InChI is InChI=1S/C15H22O/c1-11(2)9-15(16)10-13(4)14-7-5-12(3)6-8-14/h5,9-10,14H,6-8H2,1-4H3/b13-10+/t14-/m1/s1. The SMILES string of the molecule is CC(C)=CC(=O)/C=C(\C)[C@@H]1CC=C(C)CC1. The van der Waals surface area contributed by atoms with Crippen LogP contribution in [-0.2, 0) is 4.79 Å². The predicted molar refractivity (Wildman–Crippen MR) is 69.3 cm³/mol. The third kappa shape index (κ3) is 4.18. The Morgan fingerprint density at radius 3 is 2.50 bits per heavy atom. The van der Waals surface area contributed by atoms with E-state index in [1.807, 2.05) is 13.8 Å². The molecule has 0 radical (unpaired) electrons. The Hall–Kier alpha value is -1.11. The van der Waals surface area contributed by atoms with E-state index in [9.17, 15) is 4.79 Å². The lowest BCUT2D eigenvalue weighted by Crippen LogP contribution is -2.07. The van der Waals surface area contributed by atoms with Crippen LogP contribution in [0.5, 0.6) is 0 Å². The fraction of sp³-hybridized carbons (Fsp3) is 0.533. The first kappa shape index (κ1) is 13.0. The van der Waals surface area contributed by atoms with E-state index in [2.05, 4.69) is 19.9 Å².